The summed E-state index contributed by atoms with van der Waals surface area (Å²) in [5.41, 5.74) is 0.980. The molecule has 2 N–H and O–H groups in total. The normalized spacial score (nSPS) is 19.4. The molecule has 0 spiro atoms. The molecule has 1 aromatic rings. The second-order valence-electron chi connectivity index (χ2n) is 7.58. The molecule has 0 unspecified atom stereocenters. The summed E-state index contributed by atoms with van der Waals surface area (Å²) >= 11 is 0. The van der Waals surface area contributed by atoms with Gasteiger partial charge < -0.3 is 15.4 Å². The number of methoxy groups -OCH3 is 1. The van der Waals surface area contributed by atoms with Crippen LogP contribution in [0.2, 0.25) is 0 Å². The second-order valence-corrected chi connectivity index (χ2v) is 7.58. The van der Waals surface area contributed by atoms with Gasteiger partial charge in [-0.05, 0) is 56.2 Å². The van der Waals surface area contributed by atoms with E-state index in [0.29, 0.717) is 36.6 Å². The van der Waals surface area contributed by atoms with Crippen molar-refractivity contribution < 1.29 is 19.1 Å². The van der Waals surface area contributed by atoms with E-state index in [1.54, 1.807) is 24.3 Å². The summed E-state index contributed by atoms with van der Waals surface area (Å²) in [6.07, 6.45) is 3.84. The lowest BCUT2D eigenvalue weighted by molar-refractivity contribution is -0.128. The van der Waals surface area contributed by atoms with Gasteiger partial charge >= 0.3 is 5.97 Å². The van der Waals surface area contributed by atoms with Crippen molar-refractivity contribution in [3.05, 3.63) is 29.8 Å². The molecule has 0 saturated heterocycles. The Hall–Kier alpha value is -2.37. The summed E-state index contributed by atoms with van der Waals surface area (Å²) in [6, 6.07) is 6.71. The quantitative estimate of drug-likeness (QED) is 0.717. The fourth-order valence-corrected chi connectivity index (χ4v) is 3.33. The predicted octanol–water partition coefficient (Wildman–Crippen LogP) is 3.38. The lowest BCUT2D eigenvalue weighted by atomic mass is 9.81. The monoisotopic (exact) mass is 374 g/mol. The first-order valence-corrected chi connectivity index (χ1v) is 9.67. The van der Waals surface area contributed by atoms with E-state index in [1.165, 1.54) is 7.11 Å². The highest BCUT2D eigenvalue weighted by Gasteiger charge is 2.29. The maximum atomic E-state index is 12.5. The topological polar surface area (TPSA) is 84.5 Å². The number of hydrogen-bond acceptors (Lipinski definition) is 4. The lowest BCUT2D eigenvalue weighted by Crippen LogP contribution is -2.36. The van der Waals surface area contributed by atoms with Crippen molar-refractivity contribution in [2.24, 2.45) is 17.8 Å². The minimum Gasteiger partial charge on any atom is -0.465 e. The number of anilines is 1. The minimum absolute atomic E-state index is 0.00358. The van der Waals surface area contributed by atoms with Crippen LogP contribution in [0.15, 0.2) is 24.3 Å². The van der Waals surface area contributed by atoms with Crippen LogP contribution < -0.4 is 10.6 Å². The fourth-order valence-electron chi connectivity index (χ4n) is 3.33. The first kappa shape index (κ1) is 20.9. The maximum absolute atomic E-state index is 12.5. The van der Waals surface area contributed by atoms with Crippen LogP contribution in [0.5, 0.6) is 0 Å². The van der Waals surface area contributed by atoms with Crippen LogP contribution in [0.25, 0.3) is 0 Å². The molecule has 2 rings (SSSR count). The summed E-state index contributed by atoms with van der Waals surface area (Å²) < 4.78 is 4.70. The van der Waals surface area contributed by atoms with E-state index in [9.17, 15) is 14.4 Å². The highest BCUT2D eigenvalue weighted by molar-refractivity contribution is 5.95. The van der Waals surface area contributed by atoms with Crippen molar-refractivity contribution in [3.63, 3.8) is 0 Å². The number of hydrogen-bond donors (Lipinski definition) is 2. The van der Waals surface area contributed by atoms with Crippen LogP contribution in [0.1, 0.15) is 56.3 Å². The minimum atomic E-state index is -0.435. The van der Waals surface area contributed by atoms with E-state index in [0.717, 1.165) is 19.3 Å². The van der Waals surface area contributed by atoms with Gasteiger partial charge in [0.05, 0.1) is 12.7 Å². The lowest BCUT2D eigenvalue weighted by Gasteiger charge is -2.27. The third-order valence-electron chi connectivity index (χ3n) is 5.04. The van der Waals surface area contributed by atoms with E-state index in [4.69, 9.17) is 4.74 Å². The predicted molar refractivity (Wildman–Crippen MR) is 104 cm³/mol. The van der Waals surface area contributed by atoms with E-state index < -0.39 is 5.97 Å². The van der Waals surface area contributed by atoms with Gasteiger partial charge in [-0.15, -0.1) is 0 Å². The van der Waals surface area contributed by atoms with Gasteiger partial charge in [-0.3, -0.25) is 9.59 Å². The summed E-state index contributed by atoms with van der Waals surface area (Å²) in [4.78, 5) is 36.3. The molecule has 6 heteroatoms. The first-order valence-electron chi connectivity index (χ1n) is 9.67. The Labute approximate surface area is 161 Å². The first-order chi connectivity index (χ1) is 12.9. The van der Waals surface area contributed by atoms with Crippen molar-refractivity contribution in [2.75, 3.05) is 19.0 Å². The Morgan fingerprint density at radius 3 is 2.30 bits per heavy atom. The van der Waals surface area contributed by atoms with Gasteiger partial charge in [-0.25, -0.2) is 4.79 Å². The number of benzene rings is 1. The highest BCUT2D eigenvalue weighted by atomic mass is 16.5. The molecule has 1 aliphatic rings. The summed E-state index contributed by atoms with van der Waals surface area (Å²) in [6.45, 7) is 4.99. The SMILES string of the molecule is COC(=O)c1cccc(NC(=O)C2CCC(C(=O)NCCC(C)C)CC2)c1. The second kappa shape index (κ2) is 10.1. The molecule has 1 fully saturated rings. The number of amides is 2. The van der Waals surface area contributed by atoms with E-state index >= 15 is 0 Å². The maximum Gasteiger partial charge on any atom is 0.337 e. The van der Waals surface area contributed by atoms with Gasteiger partial charge in [0.2, 0.25) is 11.8 Å². The molecule has 0 aromatic heterocycles. The number of carbonyl (C=O) groups excluding carboxylic acids is 3. The van der Waals surface area contributed by atoms with Gasteiger partial charge in [0.15, 0.2) is 0 Å². The number of carbonyl (C=O) groups is 3. The molecule has 1 aliphatic carbocycles. The highest BCUT2D eigenvalue weighted by Crippen LogP contribution is 2.30. The molecule has 6 nitrogen and oxygen atoms in total. The van der Waals surface area contributed by atoms with Crippen LogP contribution in [0, 0.1) is 17.8 Å². The van der Waals surface area contributed by atoms with Crippen molar-refractivity contribution in [1.82, 2.24) is 5.32 Å². The summed E-state index contributed by atoms with van der Waals surface area (Å²) in [5.74, 6) is 0.0869. The Balaban J connectivity index is 1.81. The number of esters is 1. The zero-order valence-electron chi connectivity index (χ0n) is 16.4. The van der Waals surface area contributed by atoms with E-state index in [-0.39, 0.29) is 23.7 Å². The van der Waals surface area contributed by atoms with Gasteiger partial charge in [0, 0.05) is 24.1 Å². The molecule has 2 amide bonds. The van der Waals surface area contributed by atoms with Gasteiger partial charge in [0.1, 0.15) is 0 Å². The standard InChI is InChI=1S/C21H30N2O4/c1-14(2)11-12-22-19(24)15-7-9-16(10-8-15)20(25)23-18-6-4-5-17(13-18)21(26)27-3/h4-6,13-16H,7-12H2,1-3H3,(H,22,24)(H,23,25). The smallest absolute Gasteiger partial charge is 0.337 e. The molecular weight excluding hydrogens is 344 g/mol. The largest absolute Gasteiger partial charge is 0.465 e. The van der Waals surface area contributed by atoms with Crippen molar-refractivity contribution in [1.29, 1.82) is 0 Å². The molecule has 27 heavy (non-hydrogen) atoms. The Bertz CT molecular complexity index is 664. The Kier molecular flexibility index (Phi) is 7.82. The molecule has 0 radical (unpaired) electrons. The molecule has 1 saturated carbocycles. The van der Waals surface area contributed by atoms with Crippen LogP contribution in [-0.4, -0.2) is 31.4 Å². The van der Waals surface area contributed by atoms with Gasteiger partial charge in [-0.2, -0.15) is 0 Å². The average molecular weight is 374 g/mol. The molecule has 0 heterocycles. The van der Waals surface area contributed by atoms with Crippen molar-refractivity contribution in [3.8, 4) is 0 Å². The zero-order valence-corrected chi connectivity index (χ0v) is 16.4. The third kappa shape index (κ3) is 6.38. The van der Waals surface area contributed by atoms with Gasteiger partial charge in [0.25, 0.3) is 0 Å². The van der Waals surface area contributed by atoms with E-state index in [1.807, 2.05) is 0 Å². The van der Waals surface area contributed by atoms with Crippen LogP contribution >= 0.6 is 0 Å². The number of rotatable bonds is 7. The fraction of sp³-hybridized carbons (Fsp3) is 0.571. The Morgan fingerprint density at radius 1 is 1.07 bits per heavy atom. The summed E-state index contributed by atoms with van der Waals surface area (Å²) in [5, 5.41) is 5.88. The number of nitrogens with one attached hydrogen (secondary N) is 2. The Morgan fingerprint density at radius 2 is 1.70 bits per heavy atom. The molecule has 0 bridgehead atoms. The average Bonchev–Trinajstić information content (AvgIpc) is 2.67. The zero-order chi connectivity index (χ0) is 19.8. The third-order valence-corrected chi connectivity index (χ3v) is 5.04. The molecular formula is C21H30N2O4. The number of ether oxygens (including phenoxy) is 1. The van der Waals surface area contributed by atoms with Crippen molar-refractivity contribution in [2.45, 2.75) is 46.0 Å². The molecule has 1 aromatic carbocycles. The molecule has 0 atom stereocenters. The molecule has 0 aliphatic heterocycles. The summed E-state index contributed by atoms with van der Waals surface area (Å²) in [7, 11) is 1.32. The van der Waals surface area contributed by atoms with Crippen molar-refractivity contribution >= 4 is 23.5 Å². The van der Waals surface area contributed by atoms with E-state index in [2.05, 4.69) is 24.5 Å². The molecule has 148 valence electrons. The van der Waals surface area contributed by atoms with Crippen LogP contribution in [0.3, 0.4) is 0 Å². The van der Waals surface area contributed by atoms with Crippen LogP contribution in [-0.2, 0) is 14.3 Å². The van der Waals surface area contributed by atoms with Crippen LogP contribution in [0.4, 0.5) is 5.69 Å². The van der Waals surface area contributed by atoms with Gasteiger partial charge in [-0.1, -0.05) is 19.9 Å².